The molecule has 1 atom stereocenters. The van der Waals surface area contributed by atoms with Gasteiger partial charge in [-0.25, -0.2) is 0 Å². The van der Waals surface area contributed by atoms with Crippen LogP contribution in [0.4, 0.5) is 18.9 Å². The lowest BCUT2D eigenvalue weighted by Gasteiger charge is -2.20. The lowest BCUT2D eigenvalue weighted by molar-refractivity contribution is -0.0790. The van der Waals surface area contributed by atoms with E-state index in [2.05, 4.69) is 10.3 Å². The number of alkyl halides is 3. The summed E-state index contributed by atoms with van der Waals surface area (Å²) in [5.74, 6) is -0.364. The van der Waals surface area contributed by atoms with Gasteiger partial charge in [-0.1, -0.05) is 18.2 Å². The normalized spacial score (nSPS) is 17.0. The van der Waals surface area contributed by atoms with E-state index in [1.165, 1.54) is 18.2 Å². The number of aliphatic hydroxyl groups excluding tert-OH is 1. The largest absolute Gasteiger partial charge is 0.409 e. The average Bonchev–Trinajstić information content (AvgIpc) is 2.59. The van der Waals surface area contributed by atoms with Gasteiger partial charge in [0.2, 0.25) is 0 Å². The van der Waals surface area contributed by atoms with Crippen molar-refractivity contribution in [3.05, 3.63) is 64.5 Å². The molecule has 2 aromatic rings. The number of aliphatic hydroxyl groups is 1. The fourth-order valence-electron chi connectivity index (χ4n) is 3.10. The predicted molar refractivity (Wildman–Crippen MR) is 96.5 cm³/mol. The molecule has 1 heterocycles. The zero-order valence-corrected chi connectivity index (χ0v) is 14.7. The minimum absolute atomic E-state index is 0.161. The van der Waals surface area contributed by atoms with Gasteiger partial charge in [0, 0.05) is 23.8 Å². The van der Waals surface area contributed by atoms with Crippen LogP contribution in [-0.4, -0.2) is 28.3 Å². The van der Waals surface area contributed by atoms with Crippen LogP contribution >= 0.6 is 0 Å². The number of pyridine rings is 1. The molecule has 1 aliphatic carbocycles. The highest BCUT2D eigenvalue weighted by Crippen LogP contribution is 2.23. The molecule has 1 amide bonds. The van der Waals surface area contributed by atoms with Crippen molar-refractivity contribution in [2.45, 2.75) is 38.5 Å². The van der Waals surface area contributed by atoms with E-state index in [9.17, 15) is 23.1 Å². The third-order valence-corrected chi connectivity index (χ3v) is 4.45. The number of nitrogens with zero attached hydrogens (tertiary/aromatic N) is 1. The highest BCUT2D eigenvalue weighted by molar-refractivity contribution is 6.05. The van der Waals surface area contributed by atoms with E-state index >= 15 is 0 Å². The van der Waals surface area contributed by atoms with Gasteiger partial charge in [0.1, 0.15) is 0 Å². The molecular weight excluding hydrogens is 357 g/mol. The fourth-order valence-corrected chi connectivity index (χ4v) is 3.10. The second-order valence-electron chi connectivity index (χ2n) is 6.63. The average molecular weight is 376 g/mol. The molecule has 0 saturated heterocycles. The minimum atomic E-state index is -4.38. The first-order chi connectivity index (χ1) is 12.7. The minimum Gasteiger partial charge on any atom is -0.393 e. The quantitative estimate of drug-likeness (QED) is 0.849. The third-order valence-electron chi connectivity index (χ3n) is 4.45. The van der Waals surface area contributed by atoms with Gasteiger partial charge in [0.25, 0.3) is 5.91 Å². The van der Waals surface area contributed by atoms with Crippen molar-refractivity contribution < 1.29 is 23.1 Å². The maximum Gasteiger partial charge on any atom is 0.409 e. The van der Waals surface area contributed by atoms with E-state index < -0.39 is 12.3 Å². The van der Waals surface area contributed by atoms with E-state index in [4.69, 9.17) is 0 Å². The lowest BCUT2D eigenvalue weighted by Crippen LogP contribution is -2.20. The Morgan fingerprint density at radius 3 is 2.81 bits per heavy atom. The van der Waals surface area contributed by atoms with Crippen molar-refractivity contribution in [3.8, 4) is 0 Å². The summed E-state index contributed by atoms with van der Waals surface area (Å²) < 4.78 is 36.8. The molecule has 7 heteroatoms. The van der Waals surface area contributed by atoms with E-state index in [0.29, 0.717) is 41.6 Å². The number of hydrogen-bond acceptors (Lipinski definition) is 3. The van der Waals surface area contributed by atoms with Crippen molar-refractivity contribution in [3.63, 3.8) is 0 Å². The number of aromatic nitrogens is 1. The van der Waals surface area contributed by atoms with E-state index in [0.717, 1.165) is 17.3 Å². The number of carbonyl (C=O) groups excluding carboxylic acids is 1. The Hall–Kier alpha value is -2.67. The summed E-state index contributed by atoms with van der Waals surface area (Å²) in [4.78, 5) is 16.9. The molecule has 2 N–H and O–H groups in total. The molecule has 142 valence electrons. The van der Waals surface area contributed by atoms with Gasteiger partial charge in [-0.15, -0.1) is 0 Å². The van der Waals surface area contributed by atoms with Gasteiger partial charge in [-0.05, 0) is 48.6 Å². The zero-order valence-electron chi connectivity index (χ0n) is 14.7. The maximum atomic E-state index is 12.5. The Labute approximate surface area is 154 Å². The molecule has 4 nitrogen and oxygen atoms in total. The number of amides is 1. The number of allylic oxidation sites excluding steroid dienone is 1. The molecule has 1 aromatic heterocycles. The molecule has 3 rings (SSSR count). The van der Waals surface area contributed by atoms with Gasteiger partial charge in [0.15, 0.2) is 0 Å². The molecule has 0 spiro atoms. The first kappa shape index (κ1) is 19.1. The molecule has 1 aromatic carbocycles. The van der Waals surface area contributed by atoms with Crippen LogP contribution < -0.4 is 5.32 Å². The summed E-state index contributed by atoms with van der Waals surface area (Å²) in [7, 11) is 0. The standard InChI is InChI=1S/C20H19F3N2O2/c1-12-8-13(6-7-20(21,22)23)2-4-17(12)19(27)25-15-9-14-10-16(26)3-5-18(14)24-11-15/h2,4,6-9,11,16,26H,3,5,10H2,1H3,(H,25,27)/b7-6+. The summed E-state index contributed by atoms with van der Waals surface area (Å²) >= 11 is 0. The molecule has 0 bridgehead atoms. The van der Waals surface area contributed by atoms with Crippen LogP contribution in [0.5, 0.6) is 0 Å². The molecule has 0 saturated carbocycles. The van der Waals surface area contributed by atoms with Crippen LogP contribution in [0.2, 0.25) is 0 Å². The summed E-state index contributed by atoms with van der Waals surface area (Å²) in [6, 6.07) is 6.29. The first-order valence-electron chi connectivity index (χ1n) is 8.55. The number of aryl methyl sites for hydroxylation is 2. The van der Waals surface area contributed by atoms with Crippen LogP contribution in [-0.2, 0) is 12.8 Å². The first-order valence-corrected chi connectivity index (χ1v) is 8.55. The summed E-state index contributed by atoms with van der Waals surface area (Å²) in [6.45, 7) is 1.67. The number of hydrogen-bond donors (Lipinski definition) is 2. The zero-order chi connectivity index (χ0) is 19.6. The third kappa shape index (κ3) is 4.95. The molecule has 27 heavy (non-hydrogen) atoms. The molecule has 1 unspecified atom stereocenters. The van der Waals surface area contributed by atoms with Crippen LogP contribution in [0.1, 0.15) is 39.2 Å². The van der Waals surface area contributed by atoms with Crippen molar-refractivity contribution in [1.29, 1.82) is 0 Å². The topological polar surface area (TPSA) is 62.2 Å². The number of fused-ring (bicyclic) bond motifs is 1. The van der Waals surface area contributed by atoms with Crippen LogP contribution in [0.15, 0.2) is 36.5 Å². The second kappa shape index (κ2) is 7.52. The van der Waals surface area contributed by atoms with E-state index in [-0.39, 0.29) is 12.0 Å². The monoisotopic (exact) mass is 376 g/mol. The molecule has 0 radical (unpaired) electrons. The van der Waals surface area contributed by atoms with Gasteiger partial charge in [-0.3, -0.25) is 9.78 Å². The number of anilines is 1. The van der Waals surface area contributed by atoms with E-state index in [1.54, 1.807) is 19.2 Å². The van der Waals surface area contributed by atoms with Gasteiger partial charge in [0.05, 0.1) is 18.0 Å². The van der Waals surface area contributed by atoms with Crippen molar-refractivity contribution >= 4 is 17.7 Å². The van der Waals surface area contributed by atoms with Gasteiger partial charge >= 0.3 is 6.18 Å². The molecule has 1 aliphatic rings. The van der Waals surface area contributed by atoms with Crippen molar-refractivity contribution in [2.24, 2.45) is 0 Å². The van der Waals surface area contributed by atoms with Gasteiger partial charge < -0.3 is 10.4 Å². The number of carbonyl (C=O) groups is 1. The highest BCUT2D eigenvalue weighted by Gasteiger charge is 2.22. The summed E-state index contributed by atoms with van der Waals surface area (Å²) in [5, 5.41) is 12.5. The fraction of sp³-hybridized carbons (Fsp3) is 0.300. The van der Waals surface area contributed by atoms with Crippen molar-refractivity contribution in [1.82, 2.24) is 4.98 Å². The molecular formula is C20H19F3N2O2. The Balaban J connectivity index is 1.75. The second-order valence-corrected chi connectivity index (χ2v) is 6.63. The number of halogens is 3. The number of rotatable bonds is 3. The number of nitrogens with one attached hydrogen (secondary N) is 1. The Bertz CT molecular complexity index is 891. The summed E-state index contributed by atoms with van der Waals surface area (Å²) in [5.41, 5.74) is 3.67. The molecule has 0 fully saturated rings. The SMILES string of the molecule is Cc1cc(/C=C/C(F)(F)F)ccc1C(=O)Nc1cnc2c(c1)CC(O)CC2. The summed E-state index contributed by atoms with van der Waals surface area (Å²) in [6.07, 6.45) is -0.185. The van der Waals surface area contributed by atoms with Gasteiger partial charge in [-0.2, -0.15) is 13.2 Å². The van der Waals surface area contributed by atoms with Crippen LogP contribution in [0, 0.1) is 6.92 Å². The smallest absolute Gasteiger partial charge is 0.393 e. The molecule has 0 aliphatic heterocycles. The van der Waals surface area contributed by atoms with E-state index in [1.807, 2.05) is 0 Å². The Morgan fingerprint density at radius 1 is 1.33 bits per heavy atom. The van der Waals surface area contributed by atoms with Crippen molar-refractivity contribution in [2.75, 3.05) is 5.32 Å². The predicted octanol–water partition coefficient (Wildman–Crippen LogP) is 4.07. The van der Waals surface area contributed by atoms with Crippen LogP contribution in [0.3, 0.4) is 0 Å². The van der Waals surface area contributed by atoms with Crippen LogP contribution in [0.25, 0.3) is 6.08 Å². The maximum absolute atomic E-state index is 12.5. The Kier molecular flexibility index (Phi) is 5.32. The number of benzene rings is 1. The highest BCUT2D eigenvalue weighted by atomic mass is 19.4. The lowest BCUT2D eigenvalue weighted by atomic mass is 9.93. The Morgan fingerprint density at radius 2 is 2.11 bits per heavy atom.